The summed E-state index contributed by atoms with van der Waals surface area (Å²) in [4.78, 5) is 2.71. The third-order valence-corrected chi connectivity index (χ3v) is 18.6. The zero-order chi connectivity index (χ0) is 38.2. The van der Waals surface area contributed by atoms with Crippen molar-refractivity contribution < 1.29 is 0 Å². The van der Waals surface area contributed by atoms with Gasteiger partial charge in [-0.1, -0.05) is 176 Å². The summed E-state index contributed by atoms with van der Waals surface area (Å²) >= 11 is 1.91. The topological polar surface area (TPSA) is 9.86 Å². The van der Waals surface area contributed by atoms with Crippen molar-refractivity contribution in [3.05, 3.63) is 218 Å². The first-order valence-corrected chi connectivity index (χ1v) is 22.8. The molecule has 0 fully saturated rings. The molecule has 0 bridgehead atoms. The predicted molar refractivity (Wildman–Crippen MR) is 248 cm³/mol. The number of fused-ring (bicyclic) bond motifs is 8. The highest BCUT2D eigenvalue weighted by Gasteiger charge is 2.47. The number of nitrogens with zero attached hydrogens (tertiary/aromatic N) is 2. The summed E-state index contributed by atoms with van der Waals surface area (Å²) in [5.74, 6) is 0. The number of hydrogen-bond acceptors (Lipinski definition) is 1. The largest absolute Gasteiger partial charge is 0.309 e. The molecular weight excluding hydrogens is 737 g/mol. The Morgan fingerprint density at radius 2 is 0.914 bits per heavy atom. The van der Waals surface area contributed by atoms with Crippen LogP contribution in [0.15, 0.2) is 228 Å². The Labute approximate surface area is 342 Å². The van der Waals surface area contributed by atoms with Gasteiger partial charge in [0.2, 0.25) is 0 Å². The van der Waals surface area contributed by atoms with Crippen LogP contribution in [0.25, 0.3) is 66.1 Å². The molecule has 11 aromatic rings. The lowest BCUT2D eigenvalue weighted by Crippen LogP contribution is -2.76. The SMILES string of the molecule is c1ccc(-c2cccc(-n3c4ccccc4c4c(-n5c6ccccc6c6ccc([Si]7(c8ccccc8)c8ccccc8Sc8ccccc87)cc65)cccc43)c2)cc1. The molecule has 0 N–H and O–H groups in total. The standard InChI is InChI=1S/C54H36N2SSi/c1-3-17-37(18-4-1)38-19-15-20-39(35-38)55-46-26-10-8-24-44(46)54-47(55)27-16-28-48(54)56-45-25-9-7-23-42(45)43-34-33-41(36-49(43)56)58(40-21-5-2-6-22-40)52-31-13-11-29-50(52)57-51-30-12-14-32-53(51)58/h1-36H. The molecule has 2 aromatic heterocycles. The van der Waals surface area contributed by atoms with E-state index in [0.717, 1.165) is 5.69 Å². The van der Waals surface area contributed by atoms with Crippen molar-refractivity contribution in [2.45, 2.75) is 9.79 Å². The van der Waals surface area contributed by atoms with Gasteiger partial charge in [0.1, 0.15) is 0 Å². The number of rotatable bonds is 5. The Bertz CT molecular complexity index is 3330. The second-order valence-electron chi connectivity index (χ2n) is 15.2. The zero-order valence-electron chi connectivity index (χ0n) is 31.6. The molecule has 2 nitrogen and oxygen atoms in total. The van der Waals surface area contributed by atoms with E-state index in [1.807, 2.05) is 11.8 Å². The minimum absolute atomic E-state index is 1.15. The molecule has 0 spiro atoms. The first kappa shape index (κ1) is 33.3. The van der Waals surface area contributed by atoms with E-state index < -0.39 is 8.07 Å². The Hall–Kier alpha value is -6.85. The monoisotopic (exact) mass is 772 g/mol. The molecule has 12 rings (SSSR count). The molecule has 0 saturated carbocycles. The summed E-state index contributed by atoms with van der Waals surface area (Å²) in [5.41, 5.74) is 9.57. The van der Waals surface area contributed by atoms with Crippen LogP contribution in [0, 0.1) is 0 Å². The van der Waals surface area contributed by atoms with Gasteiger partial charge >= 0.3 is 0 Å². The van der Waals surface area contributed by atoms with Crippen molar-refractivity contribution in [3.8, 4) is 22.5 Å². The molecule has 0 atom stereocenters. The summed E-state index contributed by atoms with van der Waals surface area (Å²) in [6, 6.07) is 81.4. The molecule has 58 heavy (non-hydrogen) atoms. The third kappa shape index (κ3) is 4.79. The van der Waals surface area contributed by atoms with Gasteiger partial charge in [-0.05, 0) is 86.5 Å². The summed E-state index contributed by atoms with van der Waals surface area (Å²) < 4.78 is 5.00. The Morgan fingerprint density at radius 1 is 0.345 bits per heavy atom. The molecule has 0 radical (unpaired) electrons. The Kier molecular flexibility index (Phi) is 7.52. The van der Waals surface area contributed by atoms with Gasteiger partial charge in [-0.25, -0.2) is 0 Å². The molecule has 0 amide bonds. The minimum atomic E-state index is -2.78. The van der Waals surface area contributed by atoms with Crippen LogP contribution in [0.3, 0.4) is 0 Å². The van der Waals surface area contributed by atoms with E-state index in [4.69, 9.17) is 0 Å². The normalized spacial score (nSPS) is 13.2. The smallest absolute Gasteiger partial charge is 0.181 e. The van der Waals surface area contributed by atoms with Crippen LogP contribution in [0.2, 0.25) is 0 Å². The van der Waals surface area contributed by atoms with Gasteiger partial charge < -0.3 is 9.13 Å². The zero-order valence-corrected chi connectivity index (χ0v) is 33.4. The molecule has 1 aliphatic rings. The molecule has 3 heterocycles. The summed E-state index contributed by atoms with van der Waals surface area (Å²) in [6.07, 6.45) is 0. The van der Waals surface area contributed by atoms with Crippen LogP contribution in [0.1, 0.15) is 0 Å². The fourth-order valence-corrected chi connectivity index (χ4v) is 16.8. The van der Waals surface area contributed by atoms with E-state index in [2.05, 4.69) is 228 Å². The number of benzene rings is 9. The molecule has 0 saturated heterocycles. The Morgan fingerprint density at radius 3 is 1.67 bits per heavy atom. The molecule has 272 valence electrons. The van der Waals surface area contributed by atoms with E-state index in [9.17, 15) is 0 Å². The van der Waals surface area contributed by atoms with Crippen molar-refractivity contribution in [1.29, 1.82) is 0 Å². The lowest BCUT2D eigenvalue weighted by Gasteiger charge is -2.39. The van der Waals surface area contributed by atoms with Crippen LogP contribution in [0.5, 0.6) is 0 Å². The lowest BCUT2D eigenvalue weighted by molar-refractivity contribution is 1.17. The van der Waals surface area contributed by atoms with Gasteiger partial charge in [-0.15, -0.1) is 0 Å². The predicted octanol–water partition coefficient (Wildman–Crippen LogP) is 11.4. The fraction of sp³-hybridized carbons (Fsp3) is 0. The van der Waals surface area contributed by atoms with Crippen LogP contribution in [-0.2, 0) is 0 Å². The average Bonchev–Trinajstić information content (AvgIpc) is 3.82. The van der Waals surface area contributed by atoms with Crippen molar-refractivity contribution in [3.63, 3.8) is 0 Å². The van der Waals surface area contributed by atoms with E-state index in [0.29, 0.717) is 0 Å². The number of aromatic nitrogens is 2. The molecule has 0 aliphatic carbocycles. The van der Waals surface area contributed by atoms with E-state index in [1.165, 1.54) is 91.0 Å². The average molecular weight is 773 g/mol. The van der Waals surface area contributed by atoms with Crippen LogP contribution >= 0.6 is 11.8 Å². The maximum absolute atomic E-state index is 2.78. The summed E-state index contributed by atoms with van der Waals surface area (Å²) in [7, 11) is -2.78. The van der Waals surface area contributed by atoms with Crippen molar-refractivity contribution in [2.75, 3.05) is 0 Å². The molecule has 4 heteroatoms. The van der Waals surface area contributed by atoms with Gasteiger partial charge in [0.25, 0.3) is 0 Å². The second-order valence-corrected chi connectivity index (χ2v) is 20.1. The third-order valence-electron chi connectivity index (χ3n) is 12.2. The fourth-order valence-electron chi connectivity index (χ4n) is 9.85. The highest BCUT2D eigenvalue weighted by molar-refractivity contribution is 8.00. The van der Waals surface area contributed by atoms with Gasteiger partial charge in [0, 0.05) is 37.0 Å². The minimum Gasteiger partial charge on any atom is -0.309 e. The van der Waals surface area contributed by atoms with Crippen LogP contribution in [-0.4, -0.2) is 17.2 Å². The number of para-hydroxylation sites is 2. The molecule has 9 aromatic carbocycles. The van der Waals surface area contributed by atoms with Crippen LogP contribution < -0.4 is 20.7 Å². The van der Waals surface area contributed by atoms with Gasteiger partial charge in [-0.2, -0.15) is 0 Å². The molecule has 0 unspecified atom stereocenters. The van der Waals surface area contributed by atoms with Crippen LogP contribution in [0.4, 0.5) is 0 Å². The summed E-state index contributed by atoms with van der Waals surface area (Å²) in [5, 5.41) is 10.7. The number of hydrogen-bond donors (Lipinski definition) is 0. The maximum Gasteiger partial charge on any atom is 0.181 e. The van der Waals surface area contributed by atoms with Crippen molar-refractivity contribution in [1.82, 2.24) is 9.13 Å². The Balaban J connectivity index is 1.17. The summed E-state index contributed by atoms with van der Waals surface area (Å²) in [6.45, 7) is 0. The van der Waals surface area contributed by atoms with E-state index in [1.54, 1.807) is 0 Å². The van der Waals surface area contributed by atoms with Gasteiger partial charge in [0.15, 0.2) is 8.07 Å². The quantitative estimate of drug-likeness (QED) is 0.158. The lowest BCUT2D eigenvalue weighted by atomic mass is 10.1. The highest BCUT2D eigenvalue weighted by atomic mass is 32.2. The highest BCUT2D eigenvalue weighted by Crippen LogP contribution is 2.41. The maximum atomic E-state index is 2.56. The van der Waals surface area contributed by atoms with Crippen molar-refractivity contribution in [2.24, 2.45) is 0 Å². The van der Waals surface area contributed by atoms with E-state index >= 15 is 0 Å². The van der Waals surface area contributed by atoms with Crippen molar-refractivity contribution >= 4 is 84.2 Å². The van der Waals surface area contributed by atoms with E-state index in [-0.39, 0.29) is 0 Å². The molecular formula is C54H36N2SSi. The molecule has 1 aliphatic heterocycles. The second kappa shape index (κ2) is 13.1. The first-order valence-electron chi connectivity index (χ1n) is 19.9. The first-order chi connectivity index (χ1) is 28.8. The van der Waals surface area contributed by atoms with Gasteiger partial charge in [-0.3, -0.25) is 0 Å². The van der Waals surface area contributed by atoms with Gasteiger partial charge in [0.05, 0.1) is 27.8 Å².